The van der Waals surface area contributed by atoms with E-state index in [1.165, 1.54) is 0 Å². The minimum Gasteiger partial charge on any atom is -0.334 e. The zero-order chi connectivity index (χ0) is 15.5. The molecular formula is C17H21ClN2O. The molecule has 0 heterocycles. The Labute approximate surface area is 131 Å². The largest absolute Gasteiger partial charge is 0.334 e. The highest BCUT2D eigenvalue weighted by Gasteiger charge is 2.36. The van der Waals surface area contributed by atoms with Crippen molar-refractivity contribution < 1.29 is 4.79 Å². The SMILES string of the molecule is CCC1CCC(C#N)(NC(=O)c2cccc(C)c2Cl)CC1. The zero-order valence-corrected chi connectivity index (χ0v) is 13.3. The van der Waals surface area contributed by atoms with Crippen LogP contribution in [-0.2, 0) is 0 Å². The molecule has 2 rings (SSSR count). The molecule has 0 atom stereocenters. The number of carbonyl (C=O) groups excluding carboxylic acids is 1. The van der Waals surface area contributed by atoms with Crippen molar-refractivity contribution in [2.24, 2.45) is 5.92 Å². The number of halogens is 1. The Morgan fingerprint density at radius 3 is 2.71 bits per heavy atom. The van der Waals surface area contributed by atoms with Crippen LogP contribution in [0.1, 0.15) is 54.9 Å². The Balaban J connectivity index is 2.14. The molecule has 0 aliphatic heterocycles. The lowest BCUT2D eigenvalue weighted by atomic mass is 9.76. The lowest BCUT2D eigenvalue weighted by Crippen LogP contribution is -2.49. The number of nitriles is 1. The first-order valence-corrected chi connectivity index (χ1v) is 7.88. The average Bonchev–Trinajstić information content (AvgIpc) is 2.50. The third-order valence-corrected chi connectivity index (χ3v) is 5.04. The molecular weight excluding hydrogens is 284 g/mol. The Kier molecular flexibility index (Phi) is 4.90. The van der Waals surface area contributed by atoms with E-state index in [0.29, 0.717) is 16.5 Å². The molecule has 0 unspecified atom stereocenters. The third kappa shape index (κ3) is 3.39. The second-order valence-electron chi connectivity index (χ2n) is 5.94. The molecule has 0 bridgehead atoms. The van der Waals surface area contributed by atoms with Gasteiger partial charge in [-0.15, -0.1) is 0 Å². The molecule has 1 aromatic rings. The van der Waals surface area contributed by atoms with Crippen LogP contribution in [0.25, 0.3) is 0 Å². The van der Waals surface area contributed by atoms with Crippen LogP contribution in [0, 0.1) is 24.2 Å². The number of aryl methyl sites for hydroxylation is 1. The Morgan fingerprint density at radius 2 is 2.14 bits per heavy atom. The normalized spacial score (nSPS) is 25.1. The summed E-state index contributed by atoms with van der Waals surface area (Å²) in [6.07, 6.45) is 4.56. The predicted molar refractivity (Wildman–Crippen MR) is 84.2 cm³/mol. The summed E-state index contributed by atoms with van der Waals surface area (Å²) in [7, 11) is 0. The second-order valence-corrected chi connectivity index (χ2v) is 6.31. The van der Waals surface area contributed by atoms with Gasteiger partial charge in [-0.25, -0.2) is 0 Å². The fourth-order valence-corrected chi connectivity index (χ4v) is 3.16. The smallest absolute Gasteiger partial charge is 0.254 e. The van der Waals surface area contributed by atoms with Crippen LogP contribution in [0.3, 0.4) is 0 Å². The van der Waals surface area contributed by atoms with Crippen molar-refractivity contribution in [3.05, 3.63) is 34.3 Å². The summed E-state index contributed by atoms with van der Waals surface area (Å²) in [6, 6.07) is 7.70. The molecule has 3 nitrogen and oxygen atoms in total. The lowest BCUT2D eigenvalue weighted by Gasteiger charge is -2.35. The Bertz CT molecular complexity index is 569. The van der Waals surface area contributed by atoms with Gasteiger partial charge in [0.25, 0.3) is 5.91 Å². The number of hydrogen-bond donors (Lipinski definition) is 1. The molecule has 1 aliphatic carbocycles. The molecule has 1 amide bonds. The number of benzene rings is 1. The highest BCUT2D eigenvalue weighted by Crippen LogP contribution is 2.34. The van der Waals surface area contributed by atoms with Gasteiger partial charge in [-0.3, -0.25) is 4.79 Å². The first kappa shape index (κ1) is 15.9. The van der Waals surface area contributed by atoms with Gasteiger partial charge in [0.05, 0.1) is 16.7 Å². The van der Waals surface area contributed by atoms with E-state index in [2.05, 4.69) is 18.3 Å². The van der Waals surface area contributed by atoms with E-state index < -0.39 is 5.54 Å². The van der Waals surface area contributed by atoms with Gasteiger partial charge in [0.15, 0.2) is 0 Å². The molecule has 1 aromatic carbocycles. The number of hydrogen-bond acceptors (Lipinski definition) is 2. The summed E-state index contributed by atoms with van der Waals surface area (Å²) in [6.45, 7) is 4.04. The van der Waals surface area contributed by atoms with Crippen LogP contribution in [-0.4, -0.2) is 11.4 Å². The van der Waals surface area contributed by atoms with Crippen molar-refractivity contribution in [2.45, 2.75) is 51.5 Å². The van der Waals surface area contributed by atoms with Crippen LogP contribution in [0.15, 0.2) is 18.2 Å². The van der Waals surface area contributed by atoms with E-state index in [0.717, 1.165) is 37.7 Å². The first-order chi connectivity index (χ1) is 10.0. The van der Waals surface area contributed by atoms with E-state index in [1.807, 2.05) is 19.1 Å². The van der Waals surface area contributed by atoms with Crippen LogP contribution in [0.4, 0.5) is 0 Å². The molecule has 0 spiro atoms. The fraction of sp³-hybridized carbons (Fsp3) is 0.529. The average molecular weight is 305 g/mol. The molecule has 1 fully saturated rings. The van der Waals surface area contributed by atoms with Gasteiger partial charge in [0, 0.05) is 0 Å². The minimum absolute atomic E-state index is 0.250. The maximum absolute atomic E-state index is 12.5. The van der Waals surface area contributed by atoms with Crippen LogP contribution >= 0.6 is 11.6 Å². The highest BCUT2D eigenvalue weighted by molar-refractivity contribution is 6.34. The van der Waals surface area contributed by atoms with Crippen LogP contribution in [0.5, 0.6) is 0 Å². The summed E-state index contributed by atoms with van der Waals surface area (Å²) in [5.74, 6) is 0.422. The molecule has 112 valence electrons. The van der Waals surface area contributed by atoms with Crippen molar-refractivity contribution in [1.29, 1.82) is 5.26 Å². The number of nitrogens with one attached hydrogen (secondary N) is 1. The third-order valence-electron chi connectivity index (χ3n) is 4.54. The van der Waals surface area contributed by atoms with Gasteiger partial charge in [0.1, 0.15) is 5.54 Å². The van der Waals surface area contributed by atoms with Crippen LogP contribution < -0.4 is 5.32 Å². The number of carbonyl (C=O) groups is 1. The van der Waals surface area contributed by atoms with Crippen LogP contribution in [0.2, 0.25) is 5.02 Å². The standard InChI is InChI=1S/C17H21ClN2O/c1-3-13-7-9-17(11-19,10-8-13)20-16(21)14-6-4-5-12(2)15(14)18/h4-6,13H,3,7-10H2,1-2H3,(H,20,21). The number of nitrogens with zero attached hydrogens (tertiary/aromatic N) is 1. The summed E-state index contributed by atoms with van der Waals surface area (Å²) >= 11 is 6.20. The van der Waals surface area contributed by atoms with Gasteiger partial charge < -0.3 is 5.32 Å². The Hall–Kier alpha value is -1.53. The predicted octanol–water partition coefficient (Wildman–Crippen LogP) is 4.24. The molecule has 0 saturated heterocycles. The molecule has 1 aliphatic rings. The molecule has 4 heteroatoms. The first-order valence-electron chi connectivity index (χ1n) is 7.50. The Morgan fingerprint density at radius 1 is 1.48 bits per heavy atom. The number of rotatable bonds is 3. The quantitative estimate of drug-likeness (QED) is 0.908. The van der Waals surface area contributed by atoms with Gasteiger partial charge in [-0.1, -0.05) is 37.1 Å². The van der Waals surface area contributed by atoms with E-state index in [1.54, 1.807) is 6.07 Å². The minimum atomic E-state index is -0.740. The molecule has 1 N–H and O–H groups in total. The number of amides is 1. The fourth-order valence-electron chi connectivity index (χ4n) is 2.95. The highest BCUT2D eigenvalue weighted by atomic mass is 35.5. The van der Waals surface area contributed by atoms with E-state index in [4.69, 9.17) is 11.6 Å². The monoisotopic (exact) mass is 304 g/mol. The van der Waals surface area contributed by atoms with Gasteiger partial charge >= 0.3 is 0 Å². The summed E-state index contributed by atoms with van der Waals surface area (Å²) in [5, 5.41) is 12.9. The topological polar surface area (TPSA) is 52.9 Å². The van der Waals surface area contributed by atoms with E-state index >= 15 is 0 Å². The van der Waals surface area contributed by atoms with Crippen molar-refractivity contribution in [2.75, 3.05) is 0 Å². The lowest BCUT2D eigenvalue weighted by molar-refractivity contribution is 0.0891. The molecule has 0 radical (unpaired) electrons. The zero-order valence-electron chi connectivity index (χ0n) is 12.6. The second kappa shape index (κ2) is 6.49. The van der Waals surface area contributed by atoms with Crippen molar-refractivity contribution in [3.63, 3.8) is 0 Å². The van der Waals surface area contributed by atoms with Gasteiger partial charge in [-0.2, -0.15) is 5.26 Å². The molecule has 21 heavy (non-hydrogen) atoms. The molecule has 0 aromatic heterocycles. The van der Waals surface area contributed by atoms with Crippen molar-refractivity contribution in [1.82, 2.24) is 5.32 Å². The van der Waals surface area contributed by atoms with E-state index in [-0.39, 0.29) is 5.91 Å². The maximum Gasteiger partial charge on any atom is 0.254 e. The summed E-state index contributed by atoms with van der Waals surface area (Å²) < 4.78 is 0. The van der Waals surface area contributed by atoms with Crippen molar-refractivity contribution >= 4 is 17.5 Å². The van der Waals surface area contributed by atoms with Gasteiger partial charge in [0.2, 0.25) is 0 Å². The maximum atomic E-state index is 12.5. The molecule has 1 saturated carbocycles. The van der Waals surface area contributed by atoms with Crippen molar-refractivity contribution in [3.8, 4) is 6.07 Å². The van der Waals surface area contributed by atoms with E-state index in [9.17, 15) is 10.1 Å². The summed E-state index contributed by atoms with van der Waals surface area (Å²) in [5.41, 5.74) is 0.574. The van der Waals surface area contributed by atoms with Gasteiger partial charge in [-0.05, 0) is 50.2 Å². The summed E-state index contributed by atoms with van der Waals surface area (Å²) in [4.78, 5) is 12.5.